The van der Waals surface area contributed by atoms with Crippen molar-refractivity contribution < 1.29 is 4.74 Å². The normalized spacial score (nSPS) is 15.2. The van der Waals surface area contributed by atoms with E-state index in [1.807, 2.05) is 43.6 Å². The van der Waals surface area contributed by atoms with E-state index in [9.17, 15) is 4.79 Å². The molecule has 1 aliphatic rings. The second-order valence-electron chi connectivity index (χ2n) is 9.62. The van der Waals surface area contributed by atoms with Crippen LogP contribution < -0.4 is 10.3 Å². The fourth-order valence-corrected chi connectivity index (χ4v) is 5.96. The summed E-state index contributed by atoms with van der Waals surface area (Å²) in [7, 11) is 1.84. The number of benzene rings is 2. The van der Waals surface area contributed by atoms with Crippen LogP contribution in [-0.4, -0.2) is 46.6 Å². The highest BCUT2D eigenvalue weighted by Crippen LogP contribution is 2.35. The number of aromatic nitrogens is 1. The number of pyridine rings is 1. The molecule has 0 radical (unpaired) electrons. The summed E-state index contributed by atoms with van der Waals surface area (Å²) in [6, 6.07) is 21.1. The second kappa shape index (κ2) is 10.4. The van der Waals surface area contributed by atoms with Crippen molar-refractivity contribution in [3.63, 3.8) is 0 Å². The van der Waals surface area contributed by atoms with Gasteiger partial charge in [0.15, 0.2) is 0 Å². The van der Waals surface area contributed by atoms with E-state index in [1.165, 1.54) is 4.88 Å². The average molecular weight is 488 g/mol. The fraction of sp³-hybridized carbons (Fsp3) is 0.345. The molecule has 35 heavy (non-hydrogen) atoms. The van der Waals surface area contributed by atoms with Crippen LogP contribution >= 0.6 is 11.3 Å². The van der Waals surface area contributed by atoms with Gasteiger partial charge in [0, 0.05) is 67.2 Å². The van der Waals surface area contributed by atoms with Crippen LogP contribution in [0.25, 0.3) is 21.2 Å². The molecule has 0 spiro atoms. The average Bonchev–Trinajstić information content (AvgIpc) is 3.30. The Kier molecular flexibility index (Phi) is 7.04. The molecule has 4 aromatic rings. The number of fused-ring (bicyclic) bond motifs is 1. The van der Waals surface area contributed by atoms with E-state index < -0.39 is 0 Å². The molecule has 0 unspecified atom stereocenters. The van der Waals surface area contributed by atoms with Gasteiger partial charge in [-0.05, 0) is 43.2 Å². The number of piperazine rings is 1. The molecule has 0 atom stereocenters. The Labute approximate surface area is 211 Å². The monoisotopic (exact) mass is 487 g/mol. The van der Waals surface area contributed by atoms with Gasteiger partial charge in [0.2, 0.25) is 0 Å². The van der Waals surface area contributed by atoms with E-state index in [0.717, 1.165) is 65.2 Å². The van der Waals surface area contributed by atoms with Crippen molar-refractivity contribution in [1.82, 2.24) is 14.4 Å². The summed E-state index contributed by atoms with van der Waals surface area (Å²) in [4.78, 5) is 19.3. The van der Waals surface area contributed by atoms with E-state index in [2.05, 4.69) is 54.0 Å². The Hall–Kier alpha value is -2.93. The highest BCUT2D eigenvalue weighted by molar-refractivity contribution is 7.19. The number of rotatable bonds is 7. The second-order valence-corrected chi connectivity index (χ2v) is 10.8. The van der Waals surface area contributed by atoms with Crippen LogP contribution in [0.5, 0.6) is 5.75 Å². The molecule has 0 aliphatic carbocycles. The van der Waals surface area contributed by atoms with Crippen LogP contribution in [-0.2, 0) is 20.2 Å². The molecule has 0 N–H and O–H groups in total. The summed E-state index contributed by atoms with van der Waals surface area (Å²) in [5.41, 5.74) is 3.34. The number of nitrogens with zero attached hydrogens (tertiary/aromatic N) is 3. The van der Waals surface area contributed by atoms with E-state index in [0.29, 0.717) is 12.6 Å². The van der Waals surface area contributed by atoms with Crippen molar-refractivity contribution in [2.24, 2.45) is 7.05 Å². The summed E-state index contributed by atoms with van der Waals surface area (Å²) >= 11 is 1.75. The predicted octanol–water partition coefficient (Wildman–Crippen LogP) is 5.37. The summed E-state index contributed by atoms with van der Waals surface area (Å²) in [6.07, 6.45) is 1.96. The lowest BCUT2D eigenvalue weighted by molar-refractivity contribution is 0.105. The maximum Gasteiger partial charge on any atom is 0.259 e. The number of ether oxygens (including phenoxy) is 1. The van der Waals surface area contributed by atoms with Crippen LogP contribution in [0.15, 0.2) is 71.7 Å². The maximum atomic E-state index is 13.0. The van der Waals surface area contributed by atoms with Crippen molar-refractivity contribution >= 4 is 21.4 Å². The number of aryl methyl sites for hydroxylation is 1. The third-order valence-electron chi connectivity index (χ3n) is 6.81. The quantitative estimate of drug-likeness (QED) is 0.351. The maximum absolute atomic E-state index is 13.0. The van der Waals surface area contributed by atoms with Gasteiger partial charge in [0.05, 0.1) is 5.39 Å². The van der Waals surface area contributed by atoms with Gasteiger partial charge in [0.1, 0.15) is 12.4 Å². The van der Waals surface area contributed by atoms with Crippen molar-refractivity contribution in [2.75, 3.05) is 26.2 Å². The summed E-state index contributed by atoms with van der Waals surface area (Å²) < 4.78 is 8.84. The van der Waals surface area contributed by atoms with Gasteiger partial charge in [-0.1, -0.05) is 42.5 Å². The van der Waals surface area contributed by atoms with E-state index >= 15 is 0 Å². The molecule has 5 nitrogen and oxygen atoms in total. The molecule has 182 valence electrons. The Balaban J connectivity index is 1.40. The number of hydrogen-bond donors (Lipinski definition) is 0. The van der Waals surface area contributed by atoms with Crippen LogP contribution in [0, 0.1) is 0 Å². The minimum Gasteiger partial charge on any atom is -0.489 e. The summed E-state index contributed by atoms with van der Waals surface area (Å²) in [5.74, 6) is 0.827. The zero-order chi connectivity index (χ0) is 24.4. The van der Waals surface area contributed by atoms with Crippen LogP contribution in [0.4, 0.5) is 0 Å². The van der Waals surface area contributed by atoms with Crippen LogP contribution in [0.3, 0.4) is 0 Å². The van der Waals surface area contributed by atoms with Gasteiger partial charge < -0.3 is 9.30 Å². The minimum absolute atomic E-state index is 0.0624. The van der Waals surface area contributed by atoms with Gasteiger partial charge in [-0.15, -0.1) is 11.3 Å². The molecule has 1 saturated heterocycles. The van der Waals surface area contributed by atoms with Gasteiger partial charge >= 0.3 is 0 Å². The Morgan fingerprint density at radius 3 is 2.49 bits per heavy atom. The molecule has 6 heteroatoms. The van der Waals surface area contributed by atoms with E-state index in [1.54, 1.807) is 15.9 Å². The lowest BCUT2D eigenvalue weighted by Gasteiger charge is -2.36. The first-order valence-corrected chi connectivity index (χ1v) is 13.1. The van der Waals surface area contributed by atoms with Crippen LogP contribution in [0.1, 0.15) is 24.3 Å². The standard InChI is InChI=1S/C29H33N3O2S/c1-21(2)32-14-12-31(13-15-32)18-25-17-26-28(35-25)27(19-30(3)29(26)33)23-10-7-11-24(16-23)34-20-22-8-5-4-6-9-22/h4-11,16-17,19,21H,12-15,18,20H2,1-3H3. The minimum atomic E-state index is 0.0624. The molecule has 3 heterocycles. The lowest BCUT2D eigenvalue weighted by Crippen LogP contribution is -2.48. The predicted molar refractivity (Wildman–Crippen MR) is 145 cm³/mol. The highest BCUT2D eigenvalue weighted by Gasteiger charge is 2.20. The lowest BCUT2D eigenvalue weighted by atomic mass is 10.1. The molecule has 5 rings (SSSR count). The third kappa shape index (κ3) is 5.35. The molecule has 2 aromatic carbocycles. The zero-order valence-electron chi connectivity index (χ0n) is 20.7. The molecular weight excluding hydrogens is 454 g/mol. The first kappa shape index (κ1) is 23.8. The molecule has 0 bridgehead atoms. The van der Waals surface area contributed by atoms with Crippen molar-refractivity contribution in [1.29, 1.82) is 0 Å². The van der Waals surface area contributed by atoms with Crippen molar-refractivity contribution in [3.05, 3.63) is 87.7 Å². The smallest absolute Gasteiger partial charge is 0.259 e. The van der Waals surface area contributed by atoms with Crippen molar-refractivity contribution in [3.8, 4) is 16.9 Å². The van der Waals surface area contributed by atoms with Crippen LogP contribution in [0.2, 0.25) is 0 Å². The number of hydrogen-bond acceptors (Lipinski definition) is 5. The molecular formula is C29H33N3O2S. The molecule has 2 aromatic heterocycles. The highest BCUT2D eigenvalue weighted by atomic mass is 32.1. The molecule has 1 fully saturated rings. The molecule has 0 saturated carbocycles. The van der Waals surface area contributed by atoms with E-state index in [4.69, 9.17) is 4.74 Å². The molecule has 0 amide bonds. The zero-order valence-corrected chi connectivity index (χ0v) is 21.6. The Morgan fingerprint density at radius 2 is 1.74 bits per heavy atom. The van der Waals surface area contributed by atoms with Crippen molar-refractivity contribution in [2.45, 2.75) is 33.0 Å². The summed E-state index contributed by atoms with van der Waals surface area (Å²) in [5, 5.41) is 0.807. The third-order valence-corrected chi connectivity index (χ3v) is 7.96. The fourth-order valence-electron chi connectivity index (χ4n) is 4.74. The first-order valence-electron chi connectivity index (χ1n) is 12.3. The van der Waals surface area contributed by atoms with Gasteiger partial charge in [-0.25, -0.2) is 0 Å². The Morgan fingerprint density at radius 1 is 0.971 bits per heavy atom. The van der Waals surface area contributed by atoms with Gasteiger partial charge in [-0.3, -0.25) is 14.6 Å². The largest absolute Gasteiger partial charge is 0.489 e. The van der Waals surface area contributed by atoms with Gasteiger partial charge in [-0.2, -0.15) is 0 Å². The number of thiophene rings is 1. The SMILES string of the molecule is CC(C)N1CCN(Cc2cc3c(=O)n(C)cc(-c4cccc(OCc5ccccc5)c4)c3s2)CC1. The Bertz CT molecular complexity index is 1350. The topological polar surface area (TPSA) is 37.7 Å². The van der Waals surface area contributed by atoms with Gasteiger partial charge in [0.25, 0.3) is 5.56 Å². The van der Waals surface area contributed by atoms with E-state index in [-0.39, 0.29) is 5.56 Å². The first-order chi connectivity index (χ1) is 17.0. The summed E-state index contributed by atoms with van der Waals surface area (Å²) in [6.45, 7) is 10.3. The molecule has 1 aliphatic heterocycles.